The molecule has 8 heteroatoms. The standard InChI is InChI=1S/C23H41N3O5/c1-12(2)20-14(5)9-23(31-21(20)13(3)4)10-15(6)22-19(30-23)8-18(29-22)17(28)7-16(27)11-25-26-24/h12-22,27-28H,7-11H2,1-6H3/t14-,15-,16+,17-,18-,19-,20-,21-,22-,23-/m0/s1. The Morgan fingerprint density at radius 3 is 2.35 bits per heavy atom. The lowest BCUT2D eigenvalue weighted by Gasteiger charge is -2.54. The van der Waals surface area contributed by atoms with Gasteiger partial charge in [0.05, 0.1) is 43.2 Å². The molecule has 31 heavy (non-hydrogen) atoms. The van der Waals surface area contributed by atoms with Gasteiger partial charge in [-0.1, -0.05) is 46.7 Å². The van der Waals surface area contributed by atoms with Crippen molar-refractivity contribution >= 4 is 0 Å². The maximum absolute atomic E-state index is 10.6. The summed E-state index contributed by atoms with van der Waals surface area (Å²) in [7, 11) is 0. The smallest absolute Gasteiger partial charge is 0.169 e. The van der Waals surface area contributed by atoms with Crippen molar-refractivity contribution < 1.29 is 24.4 Å². The number of hydrogen-bond donors (Lipinski definition) is 2. The number of rotatable bonds is 7. The molecule has 0 amide bonds. The van der Waals surface area contributed by atoms with Crippen LogP contribution in [-0.2, 0) is 14.2 Å². The number of azide groups is 1. The molecular formula is C23H41N3O5. The molecule has 0 radical (unpaired) electrons. The van der Waals surface area contributed by atoms with Gasteiger partial charge >= 0.3 is 0 Å². The van der Waals surface area contributed by atoms with Gasteiger partial charge in [0.1, 0.15) is 0 Å². The lowest BCUT2D eigenvalue weighted by Crippen LogP contribution is -2.59. The Bertz CT molecular complexity index is 655. The zero-order chi connectivity index (χ0) is 22.9. The second kappa shape index (κ2) is 9.94. The van der Waals surface area contributed by atoms with Crippen LogP contribution >= 0.6 is 0 Å². The fraction of sp³-hybridized carbons (Fsp3) is 1.00. The summed E-state index contributed by atoms with van der Waals surface area (Å²) in [6, 6.07) is 0. The van der Waals surface area contributed by atoms with E-state index in [9.17, 15) is 10.2 Å². The summed E-state index contributed by atoms with van der Waals surface area (Å²) in [6.45, 7) is 13.5. The Morgan fingerprint density at radius 2 is 1.74 bits per heavy atom. The van der Waals surface area contributed by atoms with Gasteiger partial charge in [-0.3, -0.25) is 0 Å². The van der Waals surface area contributed by atoms with Gasteiger partial charge < -0.3 is 24.4 Å². The average Bonchev–Trinajstić information content (AvgIpc) is 3.09. The van der Waals surface area contributed by atoms with E-state index in [1.165, 1.54) is 0 Å². The second-order valence-electron chi connectivity index (χ2n) is 10.8. The van der Waals surface area contributed by atoms with Crippen LogP contribution in [0.15, 0.2) is 5.11 Å². The van der Waals surface area contributed by atoms with E-state index in [1.807, 2.05) is 0 Å². The van der Waals surface area contributed by atoms with E-state index in [4.69, 9.17) is 19.7 Å². The van der Waals surface area contributed by atoms with E-state index in [1.54, 1.807) is 0 Å². The van der Waals surface area contributed by atoms with Gasteiger partial charge in [0.25, 0.3) is 0 Å². The molecule has 2 N–H and O–H groups in total. The van der Waals surface area contributed by atoms with Crippen molar-refractivity contribution in [1.29, 1.82) is 0 Å². The minimum atomic E-state index is -0.885. The predicted molar refractivity (Wildman–Crippen MR) is 117 cm³/mol. The van der Waals surface area contributed by atoms with Gasteiger partial charge in [-0.15, -0.1) is 0 Å². The summed E-state index contributed by atoms with van der Waals surface area (Å²) < 4.78 is 19.6. The molecule has 3 rings (SSSR count). The van der Waals surface area contributed by atoms with E-state index >= 15 is 0 Å². The highest BCUT2D eigenvalue weighted by molar-refractivity contribution is 5.00. The van der Waals surface area contributed by atoms with Crippen molar-refractivity contribution in [2.45, 2.75) is 110 Å². The van der Waals surface area contributed by atoms with Crippen molar-refractivity contribution in [2.75, 3.05) is 6.54 Å². The fourth-order valence-corrected chi connectivity index (χ4v) is 6.29. The molecule has 8 nitrogen and oxygen atoms in total. The van der Waals surface area contributed by atoms with Crippen molar-refractivity contribution in [3.8, 4) is 0 Å². The van der Waals surface area contributed by atoms with Crippen LogP contribution in [0, 0.1) is 29.6 Å². The Hall–Kier alpha value is -0.890. The van der Waals surface area contributed by atoms with E-state index in [-0.39, 0.29) is 37.2 Å². The number of hydrogen-bond acceptors (Lipinski definition) is 6. The maximum Gasteiger partial charge on any atom is 0.169 e. The molecule has 3 aliphatic heterocycles. The first-order valence-electron chi connectivity index (χ1n) is 11.9. The van der Waals surface area contributed by atoms with Crippen LogP contribution in [0.3, 0.4) is 0 Å². The Labute approximate surface area is 186 Å². The molecule has 0 unspecified atom stereocenters. The molecule has 10 atom stereocenters. The van der Waals surface area contributed by atoms with Crippen LogP contribution in [0.4, 0.5) is 0 Å². The lowest BCUT2D eigenvalue weighted by atomic mass is 9.70. The Morgan fingerprint density at radius 1 is 1.06 bits per heavy atom. The number of fused-ring (bicyclic) bond motifs is 1. The van der Waals surface area contributed by atoms with Gasteiger partial charge in [-0.25, -0.2) is 0 Å². The molecule has 3 saturated heterocycles. The average molecular weight is 440 g/mol. The molecule has 0 aromatic heterocycles. The van der Waals surface area contributed by atoms with Crippen LogP contribution in [0.1, 0.15) is 67.2 Å². The van der Waals surface area contributed by atoms with Gasteiger partial charge in [-0.2, -0.15) is 0 Å². The van der Waals surface area contributed by atoms with Crippen LogP contribution in [0.5, 0.6) is 0 Å². The number of ether oxygens (including phenoxy) is 3. The summed E-state index contributed by atoms with van der Waals surface area (Å²) in [4.78, 5) is 2.66. The topological polar surface area (TPSA) is 117 Å². The number of aliphatic hydroxyl groups is 2. The monoisotopic (exact) mass is 439 g/mol. The van der Waals surface area contributed by atoms with E-state index in [0.717, 1.165) is 12.8 Å². The molecule has 0 aromatic rings. The Balaban J connectivity index is 1.69. The fourth-order valence-electron chi connectivity index (χ4n) is 6.29. The van der Waals surface area contributed by atoms with Crippen molar-refractivity contribution in [2.24, 2.45) is 34.7 Å². The van der Waals surface area contributed by atoms with Gasteiger partial charge in [0.2, 0.25) is 0 Å². The summed E-state index contributed by atoms with van der Waals surface area (Å²) in [5.41, 5.74) is 8.40. The van der Waals surface area contributed by atoms with Crippen LogP contribution in [0.2, 0.25) is 0 Å². The Kier molecular flexibility index (Phi) is 7.93. The largest absolute Gasteiger partial charge is 0.393 e. The molecule has 0 bridgehead atoms. The number of aliphatic hydroxyl groups excluding tert-OH is 2. The molecule has 3 fully saturated rings. The highest BCUT2D eigenvalue weighted by Crippen LogP contribution is 2.51. The van der Waals surface area contributed by atoms with Crippen LogP contribution in [-0.4, -0.2) is 59.2 Å². The normalized spacial score (nSPS) is 42.5. The first-order chi connectivity index (χ1) is 14.6. The molecule has 3 aliphatic rings. The summed E-state index contributed by atoms with van der Waals surface area (Å²) >= 11 is 0. The summed E-state index contributed by atoms with van der Waals surface area (Å²) in [5, 5.41) is 23.9. The van der Waals surface area contributed by atoms with Gasteiger partial charge in [-0.05, 0) is 35.1 Å². The molecular weight excluding hydrogens is 398 g/mol. The van der Waals surface area contributed by atoms with Crippen molar-refractivity contribution in [1.82, 2.24) is 0 Å². The third-order valence-corrected chi connectivity index (χ3v) is 7.47. The highest BCUT2D eigenvalue weighted by Gasteiger charge is 2.56. The van der Waals surface area contributed by atoms with Crippen LogP contribution in [0.25, 0.3) is 10.4 Å². The quantitative estimate of drug-likeness (QED) is 0.353. The molecule has 0 aliphatic carbocycles. The van der Waals surface area contributed by atoms with E-state index < -0.39 is 24.1 Å². The molecule has 1 spiro atoms. The second-order valence-corrected chi connectivity index (χ2v) is 10.8. The van der Waals surface area contributed by atoms with Crippen molar-refractivity contribution in [3.05, 3.63) is 10.4 Å². The van der Waals surface area contributed by atoms with Gasteiger partial charge in [0.15, 0.2) is 5.79 Å². The number of nitrogens with zero attached hydrogens (tertiary/aromatic N) is 3. The van der Waals surface area contributed by atoms with Gasteiger partial charge in [0, 0.05) is 30.6 Å². The molecule has 0 saturated carbocycles. The zero-order valence-corrected chi connectivity index (χ0v) is 19.8. The lowest BCUT2D eigenvalue weighted by molar-refractivity contribution is -0.355. The van der Waals surface area contributed by atoms with Crippen molar-refractivity contribution in [3.63, 3.8) is 0 Å². The maximum atomic E-state index is 10.6. The zero-order valence-electron chi connectivity index (χ0n) is 19.8. The van der Waals surface area contributed by atoms with Crippen LogP contribution < -0.4 is 0 Å². The highest BCUT2D eigenvalue weighted by atomic mass is 16.7. The first-order valence-corrected chi connectivity index (χ1v) is 11.9. The first kappa shape index (κ1) is 24.7. The van der Waals surface area contributed by atoms with E-state index in [0.29, 0.717) is 30.1 Å². The summed E-state index contributed by atoms with van der Waals surface area (Å²) in [5.74, 6) is 1.64. The predicted octanol–water partition coefficient (Wildman–Crippen LogP) is 4.04. The molecule has 3 heterocycles. The molecule has 178 valence electrons. The van der Waals surface area contributed by atoms with E-state index in [2.05, 4.69) is 51.6 Å². The third kappa shape index (κ3) is 5.37. The molecule has 0 aromatic carbocycles. The minimum absolute atomic E-state index is 0.0531. The SMILES string of the molecule is CC(C)[C@H]1[C@@H](C)C[C@@]2(C[C@H](C)[C@@H]3O[C@H]([C@@H](O)C[C@@H](O)CN=[N+]=[N-])C[C@@H]3O2)O[C@H]1C(C)C. The minimum Gasteiger partial charge on any atom is -0.393 e. The summed E-state index contributed by atoms with van der Waals surface area (Å²) in [6.07, 6.45) is 0.175. The third-order valence-electron chi connectivity index (χ3n) is 7.47.